The summed E-state index contributed by atoms with van der Waals surface area (Å²) in [6.07, 6.45) is 0. The molecule has 170 valence electrons. The summed E-state index contributed by atoms with van der Waals surface area (Å²) in [5.74, 6) is 0.454. The van der Waals surface area contributed by atoms with Gasteiger partial charge in [-0.2, -0.15) is 0 Å². The van der Waals surface area contributed by atoms with E-state index in [-0.39, 0.29) is 11.6 Å². The van der Waals surface area contributed by atoms with Crippen LogP contribution >= 0.6 is 0 Å². The van der Waals surface area contributed by atoms with Crippen molar-refractivity contribution >= 4 is 11.6 Å². The van der Waals surface area contributed by atoms with E-state index in [1.807, 2.05) is 72.8 Å². The van der Waals surface area contributed by atoms with Crippen molar-refractivity contribution in [2.24, 2.45) is 0 Å². The summed E-state index contributed by atoms with van der Waals surface area (Å²) in [6, 6.07) is 30.2. The van der Waals surface area contributed by atoms with Crippen LogP contribution in [0.15, 0.2) is 97.1 Å². The van der Waals surface area contributed by atoms with Crippen molar-refractivity contribution in [1.29, 1.82) is 0 Å². The number of methoxy groups -OCH3 is 2. The molecular weight excluding hydrogens is 436 g/mol. The third kappa shape index (κ3) is 2.74. The van der Waals surface area contributed by atoms with Crippen molar-refractivity contribution in [3.8, 4) is 33.8 Å². The topological polar surface area (TPSA) is 52.6 Å². The molecule has 0 bridgehead atoms. The average molecular weight is 459 g/mol. The van der Waals surface area contributed by atoms with Gasteiger partial charge in [-0.3, -0.25) is 9.59 Å². The summed E-state index contributed by atoms with van der Waals surface area (Å²) in [5.41, 5.74) is 3.61. The molecule has 0 heterocycles. The fourth-order valence-electron chi connectivity index (χ4n) is 5.58. The van der Waals surface area contributed by atoms with E-state index >= 15 is 0 Å². The van der Waals surface area contributed by atoms with Crippen LogP contribution in [0.4, 0.5) is 0 Å². The number of benzene rings is 1. The Hall–Kier alpha value is -4.44. The van der Waals surface area contributed by atoms with E-state index in [4.69, 9.17) is 9.47 Å². The first-order chi connectivity index (χ1) is 17.1. The molecule has 0 amide bonds. The van der Waals surface area contributed by atoms with Gasteiger partial charge in [0.15, 0.2) is 17.0 Å². The highest BCUT2D eigenvalue weighted by molar-refractivity contribution is 6.37. The van der Waals surface area contributed by atoms with Crippen LogP contribution in [0, 0.1) is 0 Å². The smallest absolute Gasteiger partial charge is 0.186 e. The maximum absolute atomic E-state index is 14.6. The quantitative estimate of drug-likeness (QED) is 0.298. The number of ether oxygens (including phenoxy) is 2. The third-order valence-electron chi connectivity index (χ3n) is 7.04. The van der Waals surface area contributed by atoms with Gasteiger partial charge in [-0.25, -0.2) is 0 Å². The van der Waals surface area contributed by atoms with Gasteiger partial charge in [0.1, 0.15) is 11.5 Å². The Morgan fingerprint density at radius 1 is 0.514 bits per heavy atom. The summed E-state index contributed by atoms with van der Waals surface area (Å²) in [5, 5.41) is 0. The standard InChI is InChI=1S/C31H22O4/c1-34-25-17-19-11-5-3-7-13-21(19)27(25)31(29(32)23-15-9-10-16-24(23)30(31)33)28-22-14-8-4-6-12-20(22)18-26(28)35-2/h3-18H,1-2H3. The Morgan fingerprint density at radius 2 is 0.886 bits per heavy atom. The highest BCUT2D eigenvalue weighted by Crippen LogP contribution is 2.57. The Balaban J connectivity index is 1.82. The minimum atomic E-state index is -1.66. The van der Waals surface area contributed by atoms with Gasteiger partial charge >= 0.3 is 0 Å². The molecule has 0 radical (unpaired) electrons. The normalized spacial score (nSPS) is 14.3. The molecule has 35 heavy (non-hydrogen) atoms. The predicted octanol–water partition coefficient (Wildman–Crippen LogP) is 6.28. The van der Waals surface area contributed by atoms with Crippen LogP contribution in [-0.4, -0.2) is 25.8 Å². The molecule has 4 heteroatoms. The Labute approximate surface area is 203 Å². The molecule has 0 N–H and O–H groups in total. The SMILES string of the molecule is COc1cc2cccccc-2c1C1(c2c(OC)cc3cccccc2-3)C(=O)c2ccccc2C1=O. The number of fused-ring (bicyclic) bond motifs is 3. The van der Waals surface area contributed by atoms with E-state index in [9.17, 15) is 9.59 Å². The molecule has 0 saturated heterocycles. The lowest BCUT2D eigenvalue weighted by Crippen LogP contribution is -2.40. The summed E-state index contributed by atoms with van der Waals surface area (Å²) >= 11 is 0. The second kappa shape index (κ2) is 7.81. The lowest BCUT2D eigenvalue weighted by molar-refractivity contribution is 0.0825. The number of rotatable bonds is 4. The molecule has 0 fully saturated rings. The van der Waals surface area contributed by atoms with Gasteiger partial charge in [0.05, 0.1) is 14.2 Å². The van der Waals surface area contributed by atoms with E-state index < -0.39 is 5.41 Å². The summed E-state index contributed by atoms with van der Waals surface area (Å²) in [4.78, 5) is 29.1. The van der Waals surface area contributed by atoms with Gasteiger partial charge in [0.2, 0.25) is 0 Å². The summed E-state index contributed by atoms with van der Waals surface area (Å²) in [6.45, 7) is 0. The van der Waals surface area contributed by atoms with Gasteiger partial charge in [-0.05, 0) is 34.4 Å². The van der Waals surface area contributed by atoms with Crippen LogP contribution in [0.3, 0.4) is 0 Å². The molecule has 1 aromatic carbocycles. The zero-order valence-electron chi connectivity index (χ0n) is 19.4. The van der Waals surface area contributed by atoms with E-state index in [0.717, 1.165) is 22.3 Å². The first kappa shape index (κ1) is 21.1. The van der Waals surface area contributed by atoms with Crippen molar-refractivity contribution < 1.29 is 19.1 Å². The molecule has 1 aromatic rings. The van der Waals surface area contributed by atoms with Crippen LogP contribution in [0.2, 0.25) is 0 Å². The molecule has 0 unspecified atom stereocenters. The van der Waals surface area contributed by atoms with Gasteiger partial charge in [0.25, 0.3) is 0 Å². The summed E-state index contributed by atoms with van der Waals surface area (Å²) in [7, 11) is 3.14. The maximum Gasteiger partial charge on any atom is 0.186 e. The first-order valence-electron chi connectivity index (χ1n) is 11.4. The molecule has 0 spiro atoms. The van der Waals surface area contributed by atoms with E-state index in [2.05, 4.69) is 0 Å². The van der Waals surface area contributed by atoms with Crippen molar-refractivity contribution in [1.82, 2.24) is 0 Å². The van der Waals surface area contributed by atoms with E-state index in [1.54, 1.807) is 38.5 Å². The number of Topliss-reactive ketones (excluding diaryl/α,β-unsaturated/α-hetero) is 2. The Bertz CT molecular complexity index is 1450. The first-order valence-corrected chi connectivity index (χ1v) is 11.4. The second-order valence-electron chi connectivity index (χ2n) is 8.69. The maximum atomic E-state index is 14.6. The number of carbonyl (C=O) groups is 2. The van der Waals surface area contributed by atoms with Gasteiger partial charge in [-0.15, -0.1) is 0 Å². The largest absolute Gasteiger partial charge is 0.496 e. The summed E-state index contributed by atoms with van der Waals surface area (Å²) < 4.78 is 11.7. The molecule has 0 atom stereocenters. The highest BCUT2D eigenvalue weighted by atomic mass is 16.5. The molecule has 4 nitrogen and oxygen atoms in total. The number of hydrogen-bond acceptors (Lipinski definition) is 4. The van der Waals surface area contributed by atoms with E-state index in [1.165, 1.54) is 0 Å². The lowest BCUT2D eigenvalue weighted by Gasteiger charge is -2.29. The van der Waals surface area contributed by atoms with Crippen LogP contribution in [-0.2, 0) is 5.41 Å². The predicted molar refractivity (Wildman–Crippen MR) is 135 cm³/mol. The minimum Gasteiger partial charge on any atom is -0.496 e. The minimum absolute atomic E-state index is 0.271. The average Bonchev–Trinajstić information content (AvgIpc) is 3.30. The second-order valence-corrected chi connectivity index (χ2v) is 8.69. The molecule has 6 rings (SSSR count). The van der Waals surface area contributed by atoms with E-state index in [0.29, 0.717) is 33.8 Å². The molecule has 0 aliphatic heterocycles. The molecule has 0 saturated carbocycles. The zero-order valence-corrected chi connectivity index (χ0v) is 19.4. The van der Waals surface area contributed by atoms with Crippen LogP contribution < -0.4 is 9.47 Å². The Morgan fingerprint density at radius 3 is 1.31 bits per heavy atom. The fourth-order valence-corrected chi connectivity index (χ4v) is 5.58. The number of ketones is 2. The van der Waals surface area contributed by atoms with Gasteiger partial charge in [0, 0.05) is 22.3 Å². The van der Waals surface area contributed by atoms with Crippen LogP contribution in [0.5, 0.6) is 11.5 Å². The Kier molecular flexibility index (Phi) is 4.71. The molecule has 5 aliphatic rings. The van der Waals surface area contributed by atoms with Crippen molar-refractivity contribution in [3.05, 3.63) is 119 Å². The monoisotopic (exact) mass is 458 g/mol. The highest BCUT2D eigenvalue weighted by Gasteiger charge is 2.60. The number of hydrogen-bond donors (Lipinski definition) is 0. The zero-order chi connectivity index (χ0) is 24.2. The third-order valence-corrected chi connectivity index (χ3v) is 7.04. The van der Waals surface area contributed by atoms with Gasteiger partial charge < -0.3 is 9.47 Å². The fraction of sp³-hybridized carbons (Fsp3) is 0.0968. The van der Waals surface area contributed by atoms with Gasteiger partial charge in [-0.1, -0.05) is 84.9 Å². The number of carbonyl (C=O) groups excluding carboxylic acids is 2. The molecular formula is C31H22O4. The van der Waals surface area contributed by atoms with Crippen molar-refractivity contribution in [2.45, 2.75) is 5.41 Å². The lowest BCUT2D eigenvalue weighted by atomic mass is 9.68. The molecule has 5 aliphatic carbocycles. The van der Waals surface area contributed by atoms with Crippen LogP contribution in [0.1, 0.15) is 31.8 Å². The van der Waals surface area contributed by atoms with Crippen LogP contribution in [0.25, 0.3) is 22.3 Å². The van der Waals surface area contributed by atoms with Crippen molar-refractivity contribution in [3.63, 3.8) is 0 Å². The molecule has 0 aromatic heterocycles. The van der Waals surface area contributed by atoms with Crippen molar-refractivity contribution in [2.75, 3.05) is 14.2 Å².